The molecular weight excluding hydrogens is 344 g/mol. The second kappa shape index (κ2) is 6.99. The summed E-state index contributed by atoms with van der Waals surface area (Å²) in [6.07, 6.45) is 6.32. The van der Waals surface area contributed by atoms with Crippen molar-refractivity contribution in [2.24, 2.45) is 5.92 Å². The monoisotopic (exact) mass is 366 g/mol. The number of piperidine rings is 1. The van der Waals surface area contributed by atoms with Crippen LogP contribution in [0.4, 0.5) is 0 Å². The van der Waals surface area contributed by atoms with Crippen molar-refractivity contribution in [1.82, 2.24) is 24.6 Å². The van der Waals surface area contributed by atoms with Crippen LogP contribution in [0.2, 0.25) is 0 Å². The first-order valence-corrected chi connectivity index (χ1v) is 9.41. The fraction of sp³-hybridized carbons (Fsp3) is 0.526. The second-order valence-electron chi connectivity index (χ2n) is 7.32. The predicted octanol–water partition coefficient (Wildman–Crippen LogP) is 1.52. The van der Waals surface area contributed by atoms with Crippen molar-refractivity contribution in [3.8, 4) is 12.0 Å². The van der Waals surface area contributed by atoms with Gasteiger partial charge in [-0.1, -0.05) is 0 Å². The van der Waals surface area contributed by atoms with E-state index in [1.807, 2.05) is 11.8 Å². The molecule has 1 saturated heterocycles. The van der Waals surface area contributed by atoms with E-state index in [1.165, 1.54) is 4.68 Å². The number of amides is 1. The van der Waals surface area contributed by atoms with Crippen LogP contribution in [-0.4, -0.2) is 43.6 Å². The summed E-state index contributed by atoms with van der Waals surface area (Å²) in [5.74, 6) is 0.686. The van der Waals surface area contributed by atoms with Crippen molar-refractivity contribution >= 4 is 5.91 Å². The molecule has 8 heteroatoms. The maximum absolute atomic E-state index is 12.9. The fourth-order valence-electron chi connectivity index (χ4n) is 4.00. The number of H-pyrrole nitrogens is 1. The lowest BCUT2D eigenvalue weighted by Gasteiger charge is -2.30. The van der Waals surface area contributed by atoms with Gasteiger partial charge in [-0.2, -0.15) is 10.4 Å². The number of nitrogens with zero attached hydrogens (tertiary/aromatic N) is 5. The zero-order valence-electron chi connectivity index (χ0n) is 15.4. The van der Waals surface area contributed by atoms with E-state index in [0.29, 0.717) is 42.6 Å². The van der Waals surface area contributed by atoms with Gasteiger partial charge in [0.05, 0.1) is 29.2 Å². The lowest BCUT2D eigenvalue weighted by atomic mass is 9.94. The van der Waals surface area contributed by atoms with Crippen LogP contribution in [-0.2, 0) is 12.8 Å². The van der Waals surface area contributed by atoms with Crippen molar-refractivity contribution in [1.29, 1.82) is 5.26 Å². The second-order valence-corrected chi connectivity index (χ2v) is 7.32. The largest absolute Gasteiger partial charge is 0.339 e. The molecule has 2 aliphatic rings. The summed E-state index contributed by atoms with van der Waals surface area (Å²) >= 11 is 0. The molecule has 1 aliphatic heterocycles. The Kier molecular flexibility index (Phi) is 4.52. The van der Waals surface area contributed by atoms with Crippen LogP contribution < -0.4 is 5.56 Å². The Morgan fingerprint density at radius 1 is 1.37 bits per heavy atom. The van der Waals surface area contributed by atoms with Gasteiger partial charge in [-0.05, 0) is 44.9 Å². The van der Waals surface area contributed by atoms with Crippen molar-refractivity contribution in [3.05, 3.63) is 39.1 Å². The highest BCUT2D eigenvalue weighted by atomic mass is 16.2. The van der Waals surface area contributed by atoms with E-state index in [0.717, 1.165) is 43.4 Å². The first kappa shape index (κ1) is 17.5. The van der Waals surface area contributed by atoms with Gasteiger partial charge >= 0.3 is 0 Å². The van der Waals surface area contributed by atoms with Crippen LogP contribution >= 0.6 is 0 Å². The summed E-state index contributed by atoms with van der Waals surface area (Å²) in [6.45, 7) is 3.13. The lowest BCUT2D eigenvalue weighted by Crippen LogP contribution is -2.38. The maximum Gasteiger partial charge on any atom is 0.257 e. The minimum Gasteiger partial charge on any atom is -0.339 e. The summed E-state index contributed by atoms with van der Waals surface area (Å²) in [5.41, 5.74) is 2.67. The minimum atomic E-state index is -0.116. The van der Waals surface area contributed by atoms with E-state index in [9.17, 15) is 9.59 Å². The zero-order chi connectivity index (χ0) is 19.0. The quantitative estimate of drug-likeness (QED) is 0.886. The maximum atomic E-state index is 12.9. The number of carbonyl (C=O) groups is 1. The molecule has 1 N–H and O–H groups in total. The van der Waals surface area contributed by atoms with Gasteiger partial charge in [0.1, 0.15) is 0 Å². The highest BCUT2D eigenvalue weighted by Crippen LogP contribution is 2.23. The molecule has 0 saturated carbocycles. The van der Waals surface area contributed by atoms with Crippen LogP contribution in [0.5, 0.6) is 0 Å². The normalized spacial score (nSPS) is 17.0. The van der Waals surface area contributed by atoms with Gasteiger partial charge < -0.3 is 4.90 Å². The van der Waals surface area contributed by atoms with Crippen molar-refractivity contribution < 1.29 is 4.79 Å². The average Bonchev–Trinajstić information content (AvgIpc) is 3.29. The zero-order valence-corrected chi connectivity index (χ0v) is 15.4. The topological polar surface area (TPSA) is 108 Å². The first-order valence-electron chi connectivity index (χ1n) is 9.41. The molecule has 2 aromatic heterocycles. The third-order valence-electron chi connectivity index (χ3n) is 5.65. The van der Waals surface area contributed by atoms with Gasteiger partial charge in [-0.25, -0.2) is 9.67 Å². The molecule has 1 fully saturated rings. The van der Waals surface area contributed by atoms with Crippen molar-refractivity contribution in [2.45, 2.75) is 45.4 Å². The standard InChI is InChI=1S/C19H22N6O2/c1-12-15(18(27)24-9-6-13(5-8-20)7-10-24)11-21-25(12)19-22-16-4-2-3-14(16)17(26)23-19/h11,13H,2-7,9-10H2,1H3,(H,22,23,26). The van der Waals surface area contributed by atoms with Gasteiger partial charge in [0.2, 0.25) is 5.95 Å². The molecule has 0 atom stereocenters. The van der Waals surface area contributed by atoms with Gasteiger partial charge in [0.15, 0.2) is 0 Å². The number of hydrogen-bond donors (Lipinski definition) is 1. The number of hydrogen-bond acceptors (Lipinski definition) is 5. The number of aryl methyl sites for hydroxylation is 1. The van der Waals surface area contributed by atoms with Crippen LogP contribution in [0.1, 0.15) is 53.0 Å². The fourth-order valence-corrected chi connectivity index (χ4v) is 4.00. The number of carbonyl (C=O) groups excluding carboxylic acids is 1. The van der Waals surface area contributed by atoms with Gasteiger partial charge in [-0.3, -0.25) is 14.6 Å². The van der Waals surface area contributed by atoms with E-state index >= 15 is 0 Å². The summed E-state index contributed by atoms with van der Waals surface area (Å²) in [5, 5.41) is 13.1. The molecular formula is C19H22N6O2. The third-order valence-corrected chi connectivity index (χ3v) is 5.65. The predicted molar refractivity (Wildman–Crippen MR) is 97.6 cm³/mol. The van der Waals surface area contributed by atoms with E-state index in [4.69, 9.17) is 5.26 Å². The Hall–Kier alpha value is -2.95. The summed E-state index contributed by atoms with van der Waals surface area (Å²) in [7, 11) is 0. The molecule has 0 aromatic carbocycles. The number of fused-ring (bicyclic) bond motifs is 1. The Morgan fingerprint density at radius 3 is 2.89 bits per heavy atom. The number of nitriles is 1. The Morgan fingerprint density at radius 2 is 2.15 bits per heavy atom. The van der Waals surface area contributed by atoms with E-state index in [-0.39, 0.29) is 11.5 Å². The third kappa shape index (κ3) is 3.14. The minimum absolute atomic E-state index is 0.0577. The molecule has 140 valence electrons. The summed E-state index contributed by atoms with van der Waals surface area (Å²) in [4.78, 5) is 34.3. The number of rotatable bonds is 3. The smallest absolute Gasteiger partial charge is 0.257 e. The molecule has 0 bridgehead atoms. The molecule has 8 nitrogen and oxygen atoms in total. The SMILES string of the molecule is Cc1c(C(=O)N2CCC(CC#N)CC2)cnn1-c1nc2c(c(=O)[nH]1)CCC2. The lowest BCUT2D eigenvalue weighted by molar-refractivity contribution is 0.0691. The van der Waals surface area contributed by atoms with E-state index < -0.39 is 0 Å². The Labute approximate surface area is 156 Å². The van der Waals surface area contributed by atoms with Crippen LogP contribution in [0.3, 0.4) is 0 Å². The van der Waals surface area contributed by atoms with E-state index in [1.54, 1.807) is 6.20 Å². The number of nitrogens with one attached hydrogen (secondary N) is 1. The molecule has 1 aliphatic carbocycles. The number of aromatic nitrogens is 4. The molecule has 3 heterocycles. The van der Waals surface area contributed by atoms with Gasteiger partial charge in [0, 0.05) is 25.1 Å². The summed E-state index contributed by atoms with van der Waals surface area (Å²) in [6, 6.07) is 2.21. The highest BCUT2D eigenvalue weighted by Gasteiger charge is 2.27. The van der Waals surface area contributed by atoms with Crippen LogP contribution in [0.15, 0.2) is 11.0 Å². The Balaban J connectivity index is 1.56. The van der Waals surface area contributed by atoms with Crippen LogP contribution in [0.25, 0.3) is 5.95 Å². The van der Waals surface area contributed by atoms with E-state index in [2.05, 4.69) is 21.1 Å². The number of likely N-dealkylation sites (tertiary alicyclic amines) is 1. The number of aromatic amines is 1. The molecule has 0 unspecified atom stereocenters. The first-order chi connectivity index (χ1) is 13.1. The van der Waals surface area contributed by atoms with Crippen LogP contribution in [0, 0.1) is 24.2 Å². The molecule has 27 heavy (non-hydrogen) atoms. The molecule has 1 amide bonds. The van der Waals surface area contributed by atoms with Crippen molar-refractivity contribution in [2.75, 3.05) is 13.1 Å². The Bertz CT molecular complexity index is 975. The van der Waals surface area contributed by atoms with Gasteiger partial charge in [0.25, 0.3) is 11.5 Å². The average molecular weight is 366 g/mol. The van der Waals surface area contributed by atoms with Gasteiger partial charge in [-0.15, -0.1) is 0 Å². The van der Waals surface area contributed by atoms with Crippen molar-refractivity contribution in [3.63, 3.8) is 0 Å². The highest BCUT2D eigenvalue weighted by molar-refractivity contribution is 5.95. The molecule has 4 rings (SSSR count). The molecule has 0 spiro atoms. The molecule has 0 radical (unpaired) electrons. The summed E-state index contributed by atoms with van der Waals surface area (Å²) < 4.78 is 1.54. The molecule has 2 aromatic rings.